The van der Waals surface area contributed by atoms with Crippen LogP contribution in [-0.2, 0) is 11.3 Å². The molecule has 2 fully saturated rings. The van der Waals surface area contributed by atoms with E-state index in [4.69, 9.17) is 19.7 Å². The fourth-order valence-electron chi connectivity index (χ4n) is 3.88. The van der Waals surface area contributed by atoms with Gasteiger partial charge in [-0.05, 0) is 19.2 Å². The normalized spacial score (nSPS) is 18.9. The van der Waals surface area contributed by atoms with Crippen LogP contribution >= 0.6 is 11.3 Å². The number of ether oxygens (including phenoxy) is 1. The number of rotatable bonds is 4. The van der Waals surface area contributed by atoms with Crippen molar-refractivity contribution in [2.24, 2.45) is 0 Å². The quantitative estimate of drug-likeness (QED) is 0.679. The van der Waals surface area contributed by atoms with Gasteiger partial charge in [-0.3, -0.25) is 4.90 Å². The van der Waals surface area contributed by atoms with Gasteiger partial charge in [0.15, 0.2) is 17.3 Å². The number of phenolic OH excluding ortho intramolecular Hbond substituents is 1. The Morgan fingerprint density at radius 1 is 1.03 bits per heavy atom. The van der Waals surface area contributed by atoms with Crippen LogP contribution in [0.2, 0.25) is 0 Å². The number of morpholine rings is 1. The lowest BCUT2D eigenvalue weighted by molar-refractivity contribution is 0.122. The minimum atomic E-state index is 0.207. The first-order valence-electron chi connectivity index (χ1n) is 10.4. The van der Waals surface area contributed by atoms with Crippen molar-refractivity contribution < 1.29 is 9.84 Å². The lowest BCUT2D eigenvalue weighted by atomic mass is 10.2. The molecule has 1 N–H and O–H groups in total. The number of aromatic nitrogens is 3. The Bertz CT molecular complexity index is 1030. The minimum Gasteiger partial charge on any atom is -0.508 e. The number of nitrogens with zero attached hydrogens (tertiary/aromatic N) is 6. The molecule has 3 aromatic rings. The third-order valence-corrected chi connectivity index (χ3v) is 6.68. The number of phenols is 1. The van der Waals surface area contributed by atoms with E-state index in [1.807, 2.05) is 12.1 Å². The van der Waals surface area contributed by atoms with Gasteiger partial charge in [0.05, 0.1) is 19.8 Å². The second-order valence-electron chi connectivity index (χ2n) is 7.86. The molecule has 2 aliphatic heterocycles. The van der Waals surface area contributed by atoms with E-state index in [9.17, 15) is 5.11 Å². The standard InChI is InChI=1S/C21H26N6O2S/c1-25-5-7-26(8-6-25)14-17-22-20-18(30-17)21(27-9-11-29-12-10-27)24-19(23-20)15-3-2-4-16(28)13-15/h2-4,13,28H,5-12,14H2,1H3. The van der Waals surface area contributed by atoms with Gasteiger partial charge >= 0.3 is 0 Å². The molecular weight excluding hydrogens is 400 g/mol. The molecule has 158 valence electrons. The van der Waals surface area contributed by atoms with Crippen LogP contribution in [0.25, 0.3) is 21.7 Å². The summed E-state index contributed by atoms with van der Waals surface area (Å²) in [5.74, 6) is 1.72. The van der Waals surface area contributed by atoms with Crippen LogP contribution < -0.4 is 4.90 Å². The van der Waals surface area contributed by atoms with E-state index in [2.05, 4.69) is 21.7 Å². The predicted octanol–water partition coefficient (Wildman–Crippen LogP) is 2.04. The zero-order valence-corrected chi connectivity index (χ0v) is 17.9. The highest BCUT2D eigenvalue weighted by Gasteiger charge is 2.22. The van der Waals surface area contributed by atoms with Gasteiger partial charge in [-0.2, -0.15) is 0 Å². The molecule has 2 saturated heterocycles. The number of thiazole rings is 1. The molecule has 0 unspecified atom stereocenters. The molecule has 0 bridgehead atoms. The van der Waals surface area contributed by atoms with Crippen LogP contribution in [0.1, 0.15) is 5.01 Å². The maximum Gasteiger partial charge on any atom is 0.176 e. The summed E-state index contributed by atoms with van der Waals surface area (Å²) in [5, 5.41) is 11.0. The predicted molar refractivity (Wildman–Crippen MR) is 118 cm³/mol. The summed E-state index contributed by atoms with van der Waals surface area (Å²) in [6.07, 6.45) is 0. The average Bonchev–Trinajstić information content (AvgIpc) is 3.17. The molecule has 5 rings (SSSR count). The summed E-state index contributed by atoms with van der Waals surface area (Å²) < 4.78 is 6.57. The number of piperazine rings is 1. The highest BCUT2D eigenvalue weighted by atomic mass is 32.1. The summed E-state index contributed by atoms with van der Waals surface area (Å²) in [4.78, 5) is 21.6. The van der Waals surface area contributed by atoms with Crippen LogP contribution in [-0.4, -0.2) is 89.4 Å². The van der Waals surface area contributed by atoms with Gasteiger partial charge in [0.1, 0.15) is 15.5 Å². The monoisotopic (exact) mass is 426 g/mol. The average molecular weight is 427 g/mol. The van der Waals surface area contributed by atoms with Crippen molar-refractivity contribution in [1.82, 2.24) is 24.8 Å². The number of hydrogen-bond acceptors (Lipinski definition) is 9. The minimum absolute atomic E-state index is 0.207. The lowest BCUT2D eigenvalue weighted by Gasteiger charge is -2.31. The van der Waals surface area contributed by atoms with Crippen molar-refractivity contribution in [3.63, 3.8) is 0 Å². The molecule has 0 amide bonds. The molecule has 0 atom stereocenters. The van der Waals surface area contributed by atoms with Crippen LogP contribution in [0, 0.1) is 0 Å². The second-order valence-corrected chi connectivity index (χ2v) is 8.94. The summed E-state index contributed by atoms with van der Waals surface area (Å²) >= 11 is 1.70. The fourth-order valence-corrected chi connectivity index (χ4v) is 4.94. The maximum absolute atomic E-state index is 9.91. The molecule has 0 spiro atoms. The Hall–Kier alpha value is -2.33. The van der Waals surface area contributed by atoms with Gasteiger partial charge in [0, 0.05) is 44.8 Å². The maximum atomic E-state index is 9.91. The Balaban J connectivity index is 1.52. The number of likely N-dealkylation sites (N-methyl/N-ethyl adjacent to an activating group) is 1. The fraction of sp³-hybridized carbons (Fsp3) is 0.476. The molecular formula is C21H26N6O2S. The molecule has 1 aromatic carbocycles. The Morgan fingerprint density at radius 3 is 2.60 bits per heavy atom. The van der Waals surface area contributed by atoms with E-state index in [1.165, 1.54) is 0 Å². The van der Waals surface area contributed by atoms with Gasteiger partial charge in [-0.1, -0.05) is 12.1 Å². The van der Waals surface area contributed by atoms with Crippen LogP contribution in [0.3, 0.4) is 0 Å². The Morgan fingerprint density at radius 2 is 1.83 bits per heavy atom. The van der Waals surface area contributed by atoms with Crippen molar-refractivity contribution in [2.75, 3.05) is 64.4 Å². The molecule has 4 heterocycles. The highest BCUT2D eigenvalue weighted by molar-refractivity contribution is 7.19. The third-order valence-electron chi connectivity index (χ3n) is 5.65. The number of fused-ring (bicyclic) bond motifs is 1. The molecule has 9 heteroatoms. The smallest absolute Gasteiger partial charge is 0.176 e. The molecule has 2 aromatic heterocycles. The third kappa shape index (κ3) is 4.11. The first-order valence-corrected chi connectivity index (χ1v) is 11.2. The van der Waals surface area contributed by atoms with Gasteiger partial charge < -0.3 is 19.6 Å². The van der Waals surface area contributed by atoms with Crippen molar-refractivity contribution in [3.8, 4) is 17.1 Å². The van der Waals surface area contributed by atoms with E-state index < -0.39 is 0 Å². The van der Waals surface area contributed by atoms with Crippen molar-refractivity contribution in [3.05, 3.63) is 29.3 Å². The topological polar surface area (TPSA) is 77.9 Å². The molecule has 8 nitrogen and oxygen atoms in total. The lowest BCUT2D eigenvalue weighted by Crippen LogP contribution is -2.43. The van der Waals surface area contributed by atoms with Gasteiger partial charge in [-0.15, -0.1) is 11.3 Å². The van der Waals surface area contributed by atoms with E-state index in [0.29, 0.717) is 19.0 Å². The number of aromatic hydroxyl groups is 1. The summed E-state index contributed by atoms with van der Waals surface area (Å²) in [6, 6.07) is 7.08. The zero-order chi connectivity index (χ0) is 20.5. The summed E-state index contributed by atoms with van der Waals surface area (Å²) in [7, 11) is 2.17. The van der Waals surface area contributed by atoms with Crippen molar-refractivity contribution >= 4 is 27.5 Å². The highest BCUT2D eigenvalue weighted by Crippen LogP contribution is 2.33. The van der Waals surface area contributed by atoms with Crippen LogP contribution in [0.4, 0.5) is 5.82 Å². The first-order chi connectivity index (χ1) is 14.7. The molecule has 2 aliphatic rings. The summed E-state index contributed by atoms with van der Waals surface area (Å²) in [6.45, 7) is 8.13. The van der Waals surface area contributed by atoms with Gasteiger partial charge in [0.25, 0.3) is 0 Å². The van der Waals surface area contributed by atoms with Crippen molar-refractivity contribution in [1.29, 1.82) is 0 Å². The number of hydrogen-bond donors (Lipinski definition) is 1. The van der Waals surface area contributed by atoms with E-state index in [0.717, 1.165) is 72.5 Å². The van der Waals surface area contributed by atoms with Crippen LogP contribution in [0.5, 0.6) is 5.75 Å². The van der Waals surface area contributed by atoms with Crippen molar-refractivity contribution in [2.45, 2.75) is 6.54 Å². The Kier molecular flexibility index (Phi) is 5.51. The SMILES string of the molecule is CN1CCN(Cc2nc3nc(-c4cccc(O)c4)nc(N4CCOCC4)c3s2)CC1. The number of benzene rings is 1. The van der Waals surface area contributed by atoms with Gasteiger partial charge in [-0.25, -0.2) is 15.0 Å². The molecule has 0 saturated carbocycles. The first kappa shape index (κ1) is 19.6. The molecule has 30 heavy (non-hydrogen) atoms. The Labute approximate surface area is 179 Å². The zero-order valence-electron chi connectivity index (χ0n) is 17.1. The van der Waals surface area contributed by atoms with E-state index >= 15 is 0 Å². The van der Waals surface area contributed by atoms with E-state index in [1.54, 1.807) is 23.5 Å². The largest absolute Gasteiger partial charge is 0.508 e. The van der Waals surface area contributed by atoms with Gasteiger partial charge in [0.2, 0.25) is 0 Å². The van der Waals surface area contributed by atoms with E-state index in [-0.39, 0.29) is 5.75 Å². The molecule has 0 aliphatic carbocycles. The van der Waals surface area contributed by atoms with Crippen LogP contribution in [0.15, 0.2) is 24.3 Å². The number of anilines is 1. The summed E-state index contributed by atoms with van der Waals surface area (Å²) in [5.41, 5.74) is 1.53. The molecule has 0 radical (unpaired) electrons. The second kappa shape index (κ2) is 8.43.